The molecule has 11 heteroatoms. The molecular weight excluding hydrogens is 477 g/mol. The number of aliphatic carboxylic acids is 1. The van der Waals surface area contributed by atoms with Gasteiger partial charge in [-0.3, -0.25) is 9.59 Å². The largest absolute Gasteiger partial charge is 0.490 e. The lowest BCUT2D eigenvalue weighted by Gasteiger charge is -2.21. The van der Waals surface area contributed by atoms with Crippen molar-refractivity contribution in [2.24, 2.45) is 17.4 Å². The van der Waals surface area contributed by atoms with E-state index in [1.54, 1.807) is 0 Å². The van der Waals surface area contributed by atoms with E-state index in [0.717, 1.165) is 22.8 Å². The number of fused-ring (bicyclic) bond motifs is 1. The lowest BCUT2D eigenvalue weighted by atomic mass is 10.0. The van der Waals surface area contributed by atoms with Gasteiger partial charge in [-0.2, -0.15) is 13.2 Å². The van der Waals surface area contributed by atoms with Crippen LogP contribution in [0, 0.1) is 5.92 Å². The highest BCUT2D eigenvalue weighted by Gasteiger charge is 2.38. The molecule has 0 heterocycles. The van der Waals surface area contributed by atoms with Gasteiger partial charge >= 0.3 is 12.1 Å². The van der Waals surface area contributed by atoms with Crippen LogP contribution < -0.4 is 22.1 Å². The molecule has 0 saturated heterocycles. The van der Waals surface area contributed by atoms with E-state index in [4.69, 9.17) is 21.4 Å². The normalized spacial score (nSPS) is 12.9. The fraction of sp³-hybridized carbons (Fsp3) is 0.480. The van der Waals surface area contributed by atoms with Gasteiger partial charge in [0.15, 0.2) is 0 Å². The Balaban J connectivity index is 0.000000809. The molecule has 8 nitrogen and oxygen atoms in total. The van der Waals surface area contributed by atoms with Gasteiger partial charge in [0.05, 0.1) is 6.04 Å². The Kier molecular flexibility index (Phi) is 12.9. The molecule has 2 amide bonds. The van der Waals surface area contributed by atoms with Crippen LogP contribution in [0.3, 0.4) is 0 Å². The number of amides is 2. The van der Waals surface area contributed by atoms with Crippen molar-refractivity contribution in [3.8, 4) is 0 Å². The molecule has 0 saturated carbocycles. The van der Waals surface area contributed by atoms with Crippen LogP contribution in [0.15, 0.2) is 42.5 Å². The molecule has 0 aromatic heterocycles. The van der Waals surface area contributed by atoms with E-state index < -0.39 is 24.2 Å². The Morgan fingerprint density at radius 1 is 1.00 bits per heavy atom. The van der Waals surface area contributed by atoms with Crippen molar-refractivity contribution in [2.45, 2.75) is 57.8 Å². The predicted molar refractivity (Wildman–Crippen MR) is 132 cm³/mol. The summed E-state index contributed by atoms with van der Waals surface area (Å²) in [5.74, 6) is -2.76. The predicted octanol–water partition coefficient (Wildman–Crippen LogP) is 2.73. The second-order valence-electron chi connectivity index (χ2n) is 8.76. The van der Waals surface area contributed by atoms with E-state index in [-0.39, 0.29) is 11.8 Å². The first-order chi connectivity index (χ1) is 16.8. The van der Waals surface area contributed by atoms with Gasteiger partial charge in [0, 0.05) is 13.0 Å². The average molecular weight is 513 g/mol. The first kappa shape index (κ1) is 30.9. The van der Waals surface area contributed by atoms with Gasteiger partial charge in [0.2, 0.25) is 11.8 Å². The zero-order valence-electron chi connectivity index (χ0n) is 20.5. The van der Waals surface area contributed by atoms with E-state index in [9.17, 15) is 22.8 Å². The Morgan fingerprint density at radius 3 is 2.17 bits per heavy atom. The number of halogens is 3. The van der Waals surface area contributed by atoms with Crippen LogP contribution >= 0.6 is 0 Å². The summed E-state index contributed by atoms with van der Waals surface area (Å²) < 4.78 is 31.7. The van der Waals surface area contributed by atoms with E-state index in [0.29, 0.717) is 38.3 Å². The first-order valence-corrected chi connectivity index (χ1v) is 11.7. The van der Waals surface area contributed by atoms with Crippen molar-refractivity contribution in [3.05, 3.63) is 48.0 Å². The highest BCUT2D eigenvalue weighted by atomic mass is 19.4. The van der Waals surface area contributed by atoms with Crippen LogP contribution in [0.2, 0.25) is 0 Å². The fourth-order valence-electron chi connectivity index (χ4n) is 3.17. The smallest absolute Gasteiger partial charge is 0.475 e. The highest BCUT2D eigenvalue weighted by molar-refractivity contribution is 5.90. The summed E-state index contributed by atoms with van der Waals surface area (Å²) in [4.78, 5) is 34.2. The molecular formula is C25H35F3N4O4. The lowest BCUT2D eigenvalue weighted by Crippen LogP contribution is -2.52. The van der Waals surface area contributed by atoms with Crippen LogP contribution in [0.1, 0.15) is 38.7 Å². The number of alkyl halides is 3. The number of carbonyl (C=O) groups is 3. The second kappa shape index (κ2) is 15.0. The molecule has 0 radical (unpaired) electrons. The minimum Gasteiger partial charge on any atom is -0.475 e. The third-order valence-electron chi connectivity index (χ3n) is 5.21. The van der Waals surface area contributed by atoms with E-state index in [2.05, 4.69) is 30.5 Å². The minimum absolute atomic E-state index is 0.182. The Bertz CT molecular complexity index is 999. The molecule has 2 atom stereocenters. The van der Waals surface area contributed by atoms with Gasteiger partial charge in [0.1, 0.15) is 6.04 Å². The van der Waals surface area contributed by atoms with Gasteiger partial charge in [-0.1, -0.05) is 56.3 Å². The highest BCUT2D eigenvalue weighted by Crippen LogP contribution is 2.17. The third-order valence-corrected chi connectivity index (χ3v) is 5.21. The fourth-order valence-corrected chi connectivity index (χ4v) is 3.17. The summed E-state index contributed by atoms with van der Waals surface area (Å²) in [7, 11) is 0. The summed E-state index contributed by atoms with van der Waals surface area (Å²) in [5, 5.41) is 15.2. The van der Waals surface area contributed by atoms with Gasteiger partial charge in [-0.05, 0) is 48.1 Å². The number of nitrogens with two attached hydrogens (primary N) is 2. The van der Waals surface area contributed by atoms with Gasteiger partial charge in [0.25, 0.3) is 0 Å². The zero-order valence-corrected chi connectivity index (χ0v) is 20.5. The summed E-state index contributed by atoms with van der Waals surface area (Å²) >= 11 is 0. The molecule has 2 aromatic rings. The zero-order chi connectivity index (χ0) is 27.3. The number of carbonyl (C=O) groups excluding carboxylic acids is 2. The first-order valence-electron chi connectivity index (χ1n) is 11.7. The van der Waals surface area contributed by atoms with Crippen molar-refractivity contribution in [3.63, 3.8) is 0 Å². The number of hydrogen-bond acceptors (Lipinski definition) is 5. The molecule has 0 aliphatic rings. The molecule has 2 rings (SSSR count). The number of rotatable bonds is 11. The molecule has 36 heavy (non-hydrogen) atoms. The van der Waals surface area contributed by atoms with E-state index in [1.165, 1.54) is 0 Å². The number of carboxylic acid groups (broad SMARTS) is 1. The molecule has 0 fully saturated rings. The maximum absolute atomic E-state index is 12.8. The summed E-state index contributed by atoms with van der Waals surface area (Å²) in [6.07, 6.45) is -2.61. The molecule has 7 N–H and O–H groups in total. The minimum atomic E-state index is -5.08. The maximum atomic E-state index is 12.8. The molecule has 2 aromatic carbocycles. The monoisotopic (exact) mass is 512 g/mol. The quantitative estimate of drug-likeness (QED) is 0.313. The third kappa shape index (κ3) is 11.5. The molecule has 200 valence electrons. The van der Waals surface area contributed by atoms with Crippen molar-refractivity contribution in [2.75, 3.05) is 13.1 Å². The number of nitrogens with one attached hydrogen (secondary N) is 2. The van der Waals surface area contributed by atoms with Crippen molar-refractivity contribution >= 4 is 28.6 Å². The maximum Gasteiger partial charge on any atom is 0.490 e. The van der Waals surface area contributed by atoms with Crippen LogP contribution in [0.25, 0.3) is 10.8 Å². The van der Waals surface area contributed by atoms with Crippen molar-refractivity contribution < 1.29 is 32.7 Å². The molecule has 0 bridgehead atoms. The van der Waals surface area contributed by atoms with Gasteiger partial charge < -0.3 is 27.2 Å². The Hall–Kier alpha value is -3.18. The van der Waals surface area contributed by atoms with Crippen molar-refractivity contribution in [1.29, 1.82) is 0 Å². The lowest BCUT2D eigenvalue weighted by molar-refractivity contribution is -0.192. The molecule has 0 spiro atoms. The summed E-state index contributed by atoms with van der Waals surface area (Å²) in [6, 6.07) is 12.8. The number of benzene rings is 2. The van der Waals surface area contributed by atoms with Gasteiger partial charge in [-0.25, -0.2) is 4.79 Å². The number of hydrogen-bond donors (Lipinski definition) is 5. The molecule has 0 aliphatic heterocycles. The summed E-state index contributed by atoms with van der Waals surface area (Å²) in [6.45, 7) is 5.28. The second-order valence-corrected chi connectivity index (χ2v) is 8.76. The summed E-state index contributed by atoms with van der Waals surface area (Å²) in [5.41, 5.74) is 12.5. The Labute approximate surface area is 208 Å². The van der Waals surface area contributed by atoms with E-state index >= 15 is 0 Å². The average Bonchev–Trinajstić information content (AvgIpc) is 2.81. The molecule has 0 unspecified atom stereocenters. The number of carboxylic acids is 1. The van der Waals surface area contributed by atoms with Crippen LogP contribution in [-0.2, 0) is 20.8 Å². The van der Waals surface area contributed by atoms with Crippen molar-refractivity contribution in [1.82, 2.24) is 10.6 Å². The Morgan fingerprint density at radius 2 is 1.61 bits per heavy atom. The SMILES string of the molecule is CC(C)CCNC(=O)[C@@H](Cc1ccc2ccccc2c1)NC(=O)[C@H](N)CCCN.O=C(O)C(F)(F)F. The van der Waals surface area contributed by atoms with Crippen LogP contribution in [0.4, 0.5) is 13.2 Å². The topological polar surface area (TPSA) is 148 Å². The van der Waals surface area contributed by atoms with E-state index in [1.807, 2.05) is 36.4 Å². The standard InChI is InChI=1S/C23H34N4O2.C2HF3O2/c1-16(2)11-13-26-23(29)21(27-22(28)20(25)8-5-12-24)15-17-9-10-18-6-3-4-7-19(18)14-17;3-2(4,5)1(6)7/h3-4,6-7,9-10,14,16,20-21H,5,8,11-13,15,24-25H2,1-2H3,(H,26,29)(H,27,28);(H,6,7)/t20-,21-;/m1./s1. The van der Waals surface area contributed by atoms with Gasteiger partial charge in [-0.15, -0.1) is 0 Å². The molecule has 0 aliphatic carbocycles. The van der Waals surface area contributed by atoms with Crippen LogP contribution in [-0.4, -0.2) is 54.2 Å². The van der Waals surface area contributed by atoms with Crippen LogP contribution in [0.5, 0.6) is 0 Å².